The van der Waals surface area contributed by atoms with E-state index in [1.54, 1.807) is 0 Å². The standard InChI is InChI=1S/C20H22N2O4/c1-15(21-11-13-22(14-12-21)19(23)20(24)25)16-7-9-18(10-8-16)26-17-5-3-2-4-6-17/h2-10,15H,11-14H2,1H3,(H,24,25)/t15-/m0/s1. The molecule has 1 saturated heterocycles. The van der Waals surface area contributed by atoms with E-state index in [2.05, 4.69) is 19.1 Å². The maximum atomic E-state index is 11.5. The average Bonchev–Trinajstić information content (AvgIpc) is 2.68. The number of hydrogen-bond acceptors (Lipinski definition) is 4. The number of quaternary nitrogens is 1. The van der Waals surface area contributed by atoms with Crippen molar-refractivity contribution in [3.8, 4) is 11.5 Å². The SMILES string of the molecule is C[C@@H](c1ccc(Oc2ccccc2)cc1)[NH+]1CCN(C(=O)C(=O)[O-])CC1. The second kappa shape index (κ2) is 8.01. The number of aliphatic carboxylic acids is 1. The van der Waals surface area contributed by atoms with Crippen molar-refractivity contribution in [2.24, 2.45) is 0 Å². The van der Waals surface area contributed by atoms with Crippen LogP contribution >= 0.6 is 0 Å². The van der Waals surface area contributed by atoms with E-state index in [0.717, 1.165) is 11.5 Å². The van der Waals surface area contributed by atoms with Gasteiger partial charge in [-0.1, -0.05) is 18.2 Å². The van der Waals surface area contributed by atoms with E-state index >= 15 is 0 Å². The average molecular weight is 354 g/mol. The van der Waals surface area contributed by atoms with Gasteiger partial charge in [0.05, 0.1) is 26.2 Å². The summed E-state index contributed by atoms with van der Waals surface area (Å²) in [4.78, 5) is 24.8. The molecule has 0 saturated carbocycles. The van der Waals surface area contributed by atoms with Gasteiger partial charge in [0.1, 0.15) is 23.5 Å². The van der Waals surface area contributed by atoms with E-state index in [9.17, 15) is 14.7 Å². The summed E-state index contributed by atoms with van der Waals surface area (Å²) in [5.74, 6) is -0.964. The smallest absolute Gasteiger partial charge is 0.269 e. The van der Waals surface area contributed by atoms with Crippen LogP contribution in [0.15, 0.2) is 54.6 Å². The number of carbonyl (C=O) groups excluding carboxylic acids is 2. The van der Waals surface area contributed by atoms with Gasteiger partial charge in [0.2, 0.25) is 0 Å². The summed E-state index contributed by atoms with van der Waals surface area (Å²) in [6, 6.07) is 17.9. The topological polar surface area (TPSA) is 74.1 Å². The predicted molar refractivity (Wildman–Crippen MR) is 93.7 cm³/mol. The van der Waals surface area contributed by atoms with Gasteiger partial charge >= 0.3 is 0 Å². The Morgan fingerprint density at radius 3 is 2.15 bits per heavy atom. The second-order valence-electron chi connectivity index (χ2n) is 6.44. The van der Waals surface area contributed by atoms with Crippen LogP contribution in [0.3, 0.4) is 0 Å². The first-order valence-electron chi connectivity index (χ1n) is 8.72. The van der Waals surface area contributed by atoms with Crippen LogP contribution in [0.25, 0.3) is 0 Å². The molecule has 1 aliphatic rings. The number of carboxylic acids is 1. The summed E-state index contributed by atoms with van der Waals surface area (Å²) in [6.45, 7) is 4.42. The zero-order chi connectivity index (χ0) is 18.5. The number of nitrogens with zero attached hydrogens (tertiary/aromatic N) is 1. The molecule has 136 valence electrons. The van der Waals surface area contributed by atoms with Crippen molar-refractivity contribution in [2.75, 3.05) is 26.2 Å². The molecule has 1 atom stereocenters. The van der Waals surface area contributed by atoms with Crippen LogP contribution < -0.4 is 14.7 Å². The van der Waals surface area contributed by atoms with Crippen molar-refractivity contribution in [3.63, 3.8) is 0 Å². The molecule has 0 aliphatic carbocycles. The third-order valence-electron chi connectivity index (χ3n) is 4.84. The minimum absolute atomic E-state index is 0.251. The molecule has 0 bridgehead atoms. The van der Waals surface area contributed by atoms with E-state index in [1.807, 2.05) is 42.5 Å². The van der Waals surface area contributed by atoms with Gasteiger partial charge in [-0.3, -0.25) is 4.79 Å². The largest absolute Gasteiger partial charge is 0.540 e. The van der Waals surface area contributed by atoms with Gasteiger partial charge < -0.3 is 24.4 Å². The Balaban J connectivity index is 1.58. The Hall–Kier alpha value is -2.86. The van der Waals surface area contributed by atoms with Crippen LogP contribution in [0.4, 0.5) is 0 Å². The normalized spacial score (nSPS) is 16.1. The van der Waals surface area contributed by atoms with E-state index in [1.165, 1.54) is 15.4 Å². The summed E-state index contributed by atoms with van der Waals surface area (Å²) in [7, 11) is 0. The third-order valence-corrected chi connectivity index (χ3v) is 4.84. The van der Waals surface area contributed by atoms with Gasteiger partial charge in [0, 0.05) is 5.56 Å². The molecule has 0 radical (unpaired) electrons. The van der Waals surface area contributed by atoms with Crippen LogP contribution in [0.5, 0.6) is 11.5 Å². The second-order valence-corrected chi connectivity index (χ2v) is 6.44. The Bertz CT molecular complexity index is 753. The molecular weight excluding hydrogens is 332 g/mol. The minimum atomic E-state index is -1.63. The minimum Gasteiger partial charge on any atom is -0.540 e. The van der Waals surface area contributed by atoms with Crippen LogP contribution in [0.2, 0.25) is 0 Å². The Morgan fingerprint density at radius 2 is 1.58 bits per heavy atom. The molecule has 6 nitrogen and oxygen atoms in total. The van der Waals surface area contributed by atoms with E-state index in [4.69, 9.17) is 4.74 Å². The molecule has 2 aromatic carbocycles. The number of carboxylic acid groups (broad SMARTS) is 1. The molecule has 2 aromatic rings. The summed E-state index contributed by atoms with van der Waals surface area (Å²) in [5, 5.41) is 10.7. The lowest BCUT2D eigenvalue weighted by molar-refractivity contribution is -0.933. The van der Waals surface area contributed by atoms with Crippen LogP contribution in [0.1, 0.15) is 18.5 Å². The van der Waals surface area contributed by atoms with Crippen LogP contribution in [0, 0.1) is 0 Å². The molecule has 1 fully saturated rings. The zero-order valence-electron chi connectivity index (χ0n) is 14.7. The van der Waals surface area contributed by atoms with Gasteiger partial charge in [0.25, 0.3) is 5.91 Å². The highest BCUT2D eigenvalue weighted by atomic mass is 16.5. The van der Waals surface area contributed by atoms with Gasteiger partial charge in [0.15, 0.2) is 0 Å². The highest BCUT2D eigenvalue weighted by molar-refractivity contribution is 6.30. The number of piperazine rings is 1. The molecule has 1 heterocycles. The highest BCUT2D eigenvalue weighted by Gasteiger charge is 2.28. The Morgan fingerprint density at radius 1 is 1.00 bits per heavy atom. The highest BCUT2D eigenvalue weighted by Crippen LogP contribution is 2.22. The van der Waals surface area contributed by atoms with Crippen LogP contribution in [-0.2, 0) is 9.59 Å². The van der Waals surface area contributed by atoms with E-state index in [-0.39, 0.29) is 6.04 Å². The fourth-order valence-corrected chi connectivity index (χ4v) is 3.24. The first-order valence-corrected chi connectivity index (χ1v) is 8.72. The van der Waals surface area contributed by atoms with Gasteiger partial charge in [-0.15, -0.1) is 0 Å². The molecule has 1 aliphatic heterocycles. The van der Waals surface area contributed by atoms with E-state index in [0.29, 0.717) is 26.2 Å². The van der Waals surface area contributed by atoms with Crippen molar-refractivity contribution in [2.45, 2.75) is 13.0 Å². The molecule has 0 spiro atoms. The zero-order valence-corrected chi connectivity index (χ0v) is 14.7. The third kappa shape index (κ3) is 4.21. The monoisotopic (exact) mass is 354 g/mol. The lowest BCUT2D eigenvalue weighted by Gasteiger charge is -2.35. The van der Waals surface area contributed by atoms with Gasteiger partial charge in [-0.05, 0) is 43.3 Å². The first-order chi connectivity index (χ1) is 12.5. The molecule has 0 unspecified atom stereocenters. The van der Waals surface area contributed by atoms with Crippen molar-refractivity contribution < 1.29 is 24.3 Å². The maximum absolute atomic E-state index is 11.5. The summed E-state index contributed by atoms with van der Waals surface area (Å²) < 4.78 is 5.81. The van der Waals surface area contributed by atoms with Crippen LogP contribution in [-0.4, -0.2) is 43.0 Å². The number of amides is 1. The number of carbonyl (C=O) groups is 2. The number of rotatable bonds is 4. The fourth-order valence-electron chi connectivity index (χ4n) is 3.24. The lowest BCUT2D eigenvalue weighted by Crippen LogP contribution is -3.14. The van der Waals surface area contributed by atoms with Crippen molar-refractivity contribution >= 4 is 11.9 Å². The molecule has 0 aromatic heterocycles. The van der Waals surface area contributed by atoms with Crippen molar-refractivity contribution in [1.29, 1.82) is 0 Å². The molecule has 3 rings (SSSR count). The number of nitrogens with one attached hydrogen (secondary N) is 1. The lowest BCUT2D eigenvalue weighted by atomic mass is 10.1. The number of para-hydroxylation sites is 1. The van der Waals surface area contributed by atoms with Gasteiger partial charge in [-0.2, -0.15) is 0 Å². The first kappa shape index (κ1) is 17.9. The summed E-state index contributed by atoms with van der Waals surface area (Å²) >= 11 is 0. The fraction of sp³-hybridized carbons (Fsp3) is 0.300. The molecule has 1 amide bonds. The molecule has 26 heavy (non-hydrogen) atoms. The molecule has 6 heteroatoms. The predicted octanol–water partition coefficient (Wildman–Crippen LogP) is 0.0169. The number of hydrogen-bond donors (Lipinski definition) is 1. The molecule has 1 N–H and O–H groups in total. The quantitative estimate of drug-likeness (QED) is 0.786. The molecular formula is C20H22N2O4. The summed E-state index contributed by atoms with van der Waals surface area (Å²) in [5.41, 5.74) is 1.18. The van der Waals surface area contributed by atoms with E-state index < -0.39 is 11.9 Å². The van der Waals surface area contributed by atoms with Gasteiger partial charge in [-0.25, -0.2) is 0 Å². The Kier molecular flexibility index (Phi) is 5.53. The number of ether oxygens (including phenoxy) is 1. The summed E-state index contributed by atoms with van der Waals surface area (Å²) in [6.07, 6.45) is 0. The van der Waals surface area contributed by atoms with Crippen molar-refractivity contribution in [3.05, 3.63) is 60.2 Å². The Labute approximate surface area is 152 Å². The maximum Gasteiger partial charge on any atom is 0.269 e. The number of benzene rings is 2. The van der Waals surface area contributed by atoms with Crippen molar-refractivity contribution in [1.82, 2.24) is 4.90 Å².